The molecule has 1 aromatic heterocycles. The van der Waals surface area contributed by atoms with E-state index in [-0.39, 0.29) is 11.9 Å². The summed E-state index contributed by atoms with van der Waals surface area (Å²) in [4.78, 5) is 17.7. The van der Waals surface area contributed by atoms with Gasteiger partial charge in [0.05, 0.1) is 18.1 Å². The SMILES string of the molecule is CNc1ccc(C(=O)N(C)C(C)CC#N)cn1. The molecule has 1 heterocycles. The molecular weight excluding hydrogens is 216 g/mol. The molecule has 1 aromatic rings. The highest BCUT2D eigenvalue weighted by atomic mass is 16.2. The fourth-order valence-electron chi connectivity index (χ4n) is 1.34. The highest BCUT2D eigenvalue weighted by Crippen LogP contribution is 2.09. The van der Waals surface area contributed by atoms with Crippen molar-refractivity contribution in [2.45, 2.75) is 19.4 Å². The molecule has 0 saturated carbocycles. The Balaban J connectivity index is 2.78. The zero-order valence-electron chi connectivity index (χ0n) is 10.3. The van der Waals surface area contributed by atoms with E-state index in [1.165, 1.54) is 6.20 Å². The van der Waals surface area contributed by atoms with E-state index in [0.717, 1.165) is 0 Å². The second-order valence-corrected chi connectivity index (χ2v) is 3.81. The number of pyridine rings is 1. The largest absolute Gasteiger partial charge is 0.373 e. The minimum absolute atomic E-state index is 0.100. The van der Waals surface area contributed by atoms with E-state index in [4.69, 9.17) is 5.26 Å². The molecule has 0 aliphatic heterocycles. The molecule has 5 nitrogen and oxygen atoms in total. The van der Waals surface area contributed by atoms with Crippen LogP contribution in [0.2, 0.25) is 0 Å². The summed E-state index contributed by atoms with van der Waals surface area (Å²) < 4.78 is 0. The summed E-state index contributed by atoms with van der Waals surface area (Å²) in [5, 5.41) is 11.5. The van der Waals surface area contributed by atoms with E-state index >= 15 is 0 Å². The van der Waals surface area contributed by atoms with E-state index in [9.17, 15) is 4.79 Å². The topological polar surface area (TPSA) is 69.0 Å². The van der Waals surface area contributed by atoms with Crippen LogP contribution in [-0.4, -0.2) is 35.9 Å². The number of nitrogens with zero attached hydrogens (tertiary/aromatic N) is 3. The lowest BCUT2D eigenvalue weighted by molar-refractivity contribution is 0.0746. The average Bonchev–Trinajstić information content (AvgIpc) is 2.37. The van der Waals surface area contributed by atoms with Crippen molar-refractivity contribution in [3.8, 4) is 6.07 Å². The van der Waals surface area contributed by atoms with Gasteiger partial charge in [0.25, 0.3) is 5.91 Å². The van der Waals surface area contributed by atoms with Crippen LogP contribution in [0.25, 0.3) is 0 Å². The van der Waals surface area contributed by atoms with Crippen LogP contribution in [0, 0.1) is 11.3 Å². The molecule has 0 aliphatic carbocycles. The van der Waals surface area contributed by atoms with Crippen molar-refractivity contribution in [1.82, 2.24) is 9.88 Å². The van der Waals surface area contributed by atoms with Crippen LogP contribution in [-0.2, 0) is 0 Å². The third-order valence-electron chi connectivity index (χ3n) is 2.63. The smallest absolute Gasteiger partial charge is 0.255 e. The quantitative estimate of drug-likeness (QED) is 0.854. The first kappa shape index (κ1) is 13.0. The Kier molecular flexibility index (Phi) is 4.46. The Morgan fingerprint density at radius 3 is 2.82 bits per heavy atom. The van der Waals surface area contributed by atoms with Gasteiger partial charge in [0.1, 0.15) is 5.82 Å². The number of carbonyl (C=O) groups excluding carboxylic acids is 1. The zero-order chi connectivity index (χ0) is 12.8. The van der Waals surface area contributed by atoms with Crippen molar-refractivity contribution in [3.63, 3.8) is 0 Å². The predicted octanol–water partition coefficient (Wildman–Crippen LogP) is 1.50. The molecule has 0 spiro atoms. The third kappa shape index (κ3) is 3.18. The van der Waals surface area contributed by atoms with Gasteiger partial charge in [-0.05, 0) is 19.1 Å². The summed E-state index contributed by atoms with van der Waals surface area (Å²) in [5.41, 5.74) is 0.524. The van der Waals surface area contributed by atoms with Crippen LogP contribution in [0.5, 0.6) is 0 Å². The molecule has 0 bridgehead atoms. The van der Waals surface area contributed by atoms with Gasteiger partial charge < -0.3 is 10.2 Å². The minimum Gasteiger partial charge on any atom is -0.373 e. The Morgan fingerprint density at radius 2 is 2.35 bits per heavy atom. The van der Waals surface area contributed by atoms with Crippen molar-refractivity contribution in [3.05, 3.63) is 23.9 Å². The van der Waals surface area contributed by atoms with Crippen molar-refractivity contribution >= 4 is 11.7 Å². The maximum absolute atomic E-state index is 12.0. The number of aromatic nitrogens is 1. The number of nitrogens with one attached hydrogen (secondary N) is 1. The van der Waals surface area contributed by atoms with Gasteiger partial charge in [-0.25, -0.2) is 4.98 Å². The third-order valence-corrected chi connectivity index (χ3v) is 2.63. The van der Waals surface area contributed by atoms with E-state index in [0.29, 0.717) is 17.8 Å². The average molecular weight is 232 g/mol. The van der Waals surface area contributed by atoms with Crippen LogP contribution in [0.1, 0.15) is 23.7 Å². The van der Waals surface area contributed by atoms with Gasteiger partial charge in [0.15, 0.2) is 0 Å². The summed E-state index contributed by atoms with van der Waals surface area (Å²) in [6.45, 7) is 1.84. The van der Waals surface area contributed by atoms with E-state index in [1.54, 1.807) is 31.1 Å². The molecule has 17 heavy (non-hydrogen) atoms. The van der Waals surface area contributed by atoms with E-state index in [1.807, 2.05) is 6.92 Å². The molecule has 0 saturated heterocycles. The number of amides is 1. The van der Waals surface area contributed by atoms with Crippen molar-refractivity contribution < 1.29 is 4.79 Å². The Labute approximate surface area is 101 Å². The lowest BCUT2D eigenvalue weighted by Crippen LogP contribution is -2.34. The monoisotopic (exact) mass is 232 g/mol. The normalized spacial score (nSPS) is 11.4. The standard InChI is InChI=1S/C12H16N4O/c1-9(6-7-13)16(3)12(17)10-4-5-11(14-2)15-8-10/h4-5,8-9H,6H2,1-3H3,(H,14,15). The van der Waals surface area contributed by atoms with Gasteiger partial charge in [-0.15, -0.1) is 0 Å². The summed E-state index contributed by atoms with van der Waals surface area (Å²) in [7, 11) is 3.46. The summed E-state index contributed by atoms with van der Waals surface area (Å²) >= 11 is 0. The van der Waals surface area contributed by atoms with Gasteiger partial charge in [0.2, 0.25) is 0 Å². The minimum atomic E-state index is -0.122. The van der Waals surface area contributed by atoms with Crippen LogP contribution < -0.4 is 5.32 Å². The van der Waals surface area contributed by atoms with Crippen molar-refractivity contribution in [2.75, 3.05) is 19.4 Å². The van der Waals surface area contributed by atoms with Crippen molar-refractivity contribution in [2.24, 2.45) is 0 Å². The van der Waals surface area contributed by atoms with Crippen LogP contribution in [0.4, 0.5) is 5.82 Å². The maximum Gasteiger partial charge on any atom is 0.255 e. The van der Waals surface area contributed by atoms with Crippen LogP contribution in [0.15, 0.2) is 18.3 Å². The van der Waals surface area contributed by atoms with Crippen molar-refractivity contribution in [1.29, 1.82) is 5.26 Å². The predicted molar refractivity (Wildman–Crippen MR) is 65.6 cm³/mol. The van der Waals surface area contributed by atoms with E-state index < -0.39 is 0 Å². The number of hydrogen-bond donors (Lipinski definition) is 1. The summed E-state index contributed by atoms with van der Waals surface area (Å²) in [6, 6.07) is 5.42. The Bertz CT molecular complexity index is 421. The molecule has 1 amide bonds. The number of nitriles is 1. The Hall–Kier alpha value is -2.09. The first-order chi connectivity index (χ1) is 8.10. The first-order valence-corrected chi connectivity index (χ1v) is 5.38. The van der Waals surface area contributed by atoms with Crippen LogP contribution in [0.3, 0.4) is 0 Å². The molecule has 1 unspecified atom stereocenters. The van der Waals surface area contributed by atoms with Gasteiger partial charge in [-0.3, -0.25) is 4.79 Å². The number of carbonyl (C=O) groups is 1. The Morgan fingerprint density at radius 1 is 1.65 bits per heavy atom. The molecular formula is C12H16N4O. The highest BCUT2D eigenvalue weighted by Gasteiger charge is 2.17. The number of hydrogen-bond acceptors (Lipinski definition) is 4. The molecule has 0 radical (unpaired) electrons. The zero-order valence-corrected chi connectivity index (χ0v) is 10.3. The molecule has 0 aliphatic rings. The molecule has 1 atom stereocenters. The second-order valence-electron chi connectivity index (χ2n) is 3.81. The highest BCUT2D eigenvalue weighted by molar-refractivity contribution is 5.94. The van der Waals surface area contributed by atoms with Gasteiger partial charge in [-0.1, -0.05) is 0 Å². The first-order valence-electron chi connectivity index (χ1n) is 5.38. The molecule has 1 rings (SSSR count). The summed E-state index contributed by atoms with van der Waals surface area (Å²) in [5.74, 6) is 0.595. The van der Waals surface area contributed by atoms with Gasteiger partial charge in [0, 0.05) is 26.3 Å². The molecule has 5 heteroatoms. The van der Waals surface area contributed by atoms with Gasteiger partial charge >= 0.3 is 0 Å². The summed E-state index contributed by atoms with van der Waals surface area (Å²) in [6.07, 6.45) is 1.86. The molecule has 0 fully saturated rings. The number of rotatable bonds is 4. The second kappa shape index (κ2) is 5.85. The maximum atomic E-state index is 12.0. The van der Waals surface area contributed by atoms with Gasteiger partial charge in [-0.2, -0.15) is 5.26 Å². The van der Waals surface area contributed by atoms with E-state index in [2.05, 4.69) is 16.4 Å². The molecule has 0 aromatic carbocycles. The fraction of sp³-hybridized carbons (Fsp3) is 0.417. The lowest BCUT2D eigenvalue weighted by Gasteiger charge is -2.22. The molecule has 1 N–H and O–H groups in total. The van der Waals surface area contributed by atoms with Crippen LogP contribution >= 0.6 is 0 Å². The molecule has 90 valence electrons. The number of anilines is 1. The lowest BCUT2D eigenvalue weighted by atomic mass is 10.2. The fourth-order valence-corrected chi connectivity index (χ4v) is 1.34.